The van der Waals surface area contributed by atoms with Crippen molar-refractivity contribution in [2.45, 2.75) is 24.8 Å². The molecule has 1 aromatic carbocycles. The lowest BCUT2D eigenvalue weighted by Gasteiger charge is -2.42. The molecule has 0 aliphatic carbocycles. The highest BCUT2D eigenvalue weighted by molar-refractivity contribution is 5.32. The predicted octanol–water partition coefficient (Wildman–Crippen LogP) is 2.19. The summed E-state index contributed by atoms with van der Waals surface area (Å²) in [5, 5.41) is 10.1. The summed E-state index contributed by atoms with van der Waals surface area (Å²) in [5.74, 6) is 0.561. The number of likely N-dealkylation sites (tertiary alicyclic amines) is 1. The molecule has 1 aliphatic heterocycles. The van der Waals surface area contributed by atoms with Crippen molar-refractivity contribution in [3.8, 4) is 0 Å². The van der Waals surface area contributed by atoms with Crippen molar-refractivity contribution in [2.75, 3.05) is 25.4 Å². The third-order valence-corrected chi connectivity index (χ3v) is 4.60. The average molecular weight is 297 g/mol. The van der Waals surface area contributed by atoms with E-state index in [1.54, 1.807) is 6.20 Å². The molecule has 4 nitrogen and oxygen atoms in total. The van der Waals surface area contributed by atoms with Crippen molar-refractivity contribution in [3.05, 3.63) is 59.8 Å². The van der Waals surface area contributed by atoms with Gasteiger partial charge in [0.15, 0.2) is 0 Å². The van der Waals surface area contributed by atoms with Crippen molar-refractivity contribution >= 4 is 5.82 Å². The summed E-state index contributed by atoms with van der Waals surface area (Å²) in [6, 6.07) is 14.3. The molecule has 1 unspecified atom stereocenters. The van der Waals surface area contributed by atoms with Crippen LogP contribution < -0.4 is 5.73 Å². The van der Waals surface area contributed by atoms with Crippen LogP contribution in [0, 0.1) is 0 Å². The minimum Gasteiger partial charge on any atom is -0.395 e. The molecule has 1 fully saturated rings. The Morgan fingerprint density at radius 2 is 2.05 bits per heavy atom. The second-order valence-corrected chi connectivity index (χ2v) is 6.21. The van der Waals surface area contributed by atoms with Gasteiger partial charge in [0.05, 0.1) is 6.61 Å². The fraction of sp³-hybridized carbons (Fsp3) is 0.389. The van der Waals surface area contributed by atoms with Gasteiger partial charge in [-0.1, -0.05) is 30.3 Å². The Bertz CT molecular complexity index is 617. The number of hydrogen-bond donors (Lipinski definition) is 2. The molecule has 0 bridgehead atoms. The van der Waals surface area contributed by atoms with Crippen LogP contribution in [0.3, 0.4) is 0 Å². The first-order valence-electron chi connectivity index (χ1n) is 7.81. The number of nitrogens with zero attached hydrogens (tertiary/aromatic N) is 2. The van der Waals surface area contributed by atoms with E-state index in [1.165, 1.54) is 11.1 Å². The van der Waals surface area contributed by atoms with Gasteiger partial charge in [-0.3, -0.25) is 4.90 Å². The van der Waals surface area contributed by atoms with Gasteiger partial charge < -0.3 is 10.8 Å². The van der Waals surface area contributed by atoms with Gasteiger partial charge in [-0.15, -0.1) is 0 Å². The highest BCUT2D eigenvalue weighted by atomic mass is 16.3. The van der Waals surface area contributed by atoms with E-state index in [0.29, 0.717) is 5.82 Å². The molecular weight excluding hydrogens is 274 g/mol. The van der Waals surface area contributed by atoms with E-state index in [9.17, 15) is 5.11 Å². The van der Waals surface area contributed by atoms with Crippen LogP contribution in [-0.2, 0) is 12.0 Å². The second kappa shape index (κ2) is 6.46. The van der Waals surface area contributed by atoms with Crippen LogP contribution in [0.1, 0.15) is 24.0 Å². The predicted molar refractivity (Wildman–Crippen MR) is 88.4 cm³/mol. The molecule has 1 atom stereocenters. The highest BCUT2D eigenvalue weighted by Gasteiger charge is 2.36. The fourth-order valence-electron chi connectivity index (χ4n) is 3.46. The van der Waals surface area contributed by atoms with Crippen molar-refractivity contribution in [1.82, 2.24) is 9.88 Å². The number of nitrogen functional groups attached to an aromatic ring is 1. The van der Waals surface area contributed by atoms with Gasteiger partial charge in [0.2, 0.25) is 0 Å². The Hall–Kier alpha value is -1.91. The zero-order chi connectivity index (χ0) is 15.4. The molecule has 2 heterocycles. The van der Waals surface area contributed by atoms with E-state index in [1.807, 2.05) is 18.2 Å². The van der Waals surface area contributed by atoms with Crippen molar-refractivity contribution < 1.29 is 5.11 Å². The number of anilines is 1. The van der Waals surface area contributed by atoms with Crippen LogP contribution in [0.4, 0.5) is 5.82 Å². The maximum atomic E-state index is 10.1. The maximum absolute atomic E-state index is 10.1. The molecule has 0 saturated carbocycles. The summed E-state index contributed by atoms with van der Waals surface area (Å²) in [5.41, 5.74) is 8.02. The third kappa shape index (κ3) is 3.13. The molecule has 4 heteroatoms. The van der Waals surface area contributed by atoms with Crippen molar-refractivity contribution in [2.24, 2.45) is 0 Å². The first-order chi connectivity index (χ1) is 10.7. The van der Waals surface area contributed by atoms with E-state index < -0.39 is 0 Å². The molecular formula is C18H23N3O. The van der Waals surface area contributed by atoms with E-state index in [4.69, 9.17) is 5.73 Å². The molecule has 1 aromatic heterocycles. The standard InChI is InChI=1S/C18H23N3O/c19-17-11-15(7-9-20-17)12-21-10-4-8-18(13-21,14-22)16-5-2-1-3-6-16/h1-3,5-7,9,11,22H,4,8,10,12-14H2,(H2,19,20). The lowest BCUT2D eigenvalue weighted by molar-refractivity contribution is 0.0850. The largest absolute Gasteiger partial charge is 0.395 e. The molecule has 3 N–H and O–H groups in total. The number of rotatable bonds is 4. The molecule has 1 aliphatic rings. The maximum Gasteiger partial charge on any atom is 0.123 e. The summed E-state index contributed by atoms with van der Waals surface area (Å²) < 4.78 is 0. The number of aromatic nitrogens is 1. The van der Waals surface area contributed by atoms with Crippen LogP contribution in [0.15, 0.2) is 48.7 Å². The Balaban J connectivity index is 1.78. The average Bonchev–Trinajstić information content (AvgIpc) is 2.56. The van der Waals surface area contributed by atoms with Crippen LogP contribution >= 0.6 is 0 Å². The van der Waals surface area contributed by atoms with Crippen LogP contribution in [0.5, 0.6) is 0 Å². The van der Waals surface area contributed by atoms with Crippen LogP contribution in [0.2, 0.25) is 0 Å². The number of hydrogen-bond acceptors (Lipinski definition) is 4. The highest BCUT2D eigenvalue weighted by Crippen LogP contribution is 2.34. The van der Waals surface area contributed by atoms with Gasteiger partial charge in [0.25, 0.3) is 0 Å². The number of nitrogens with two attached hydrogens (primary N) is 1. The monoisotopic (exact) mass is 297 g/mol. The molecule has 3 rings (SSSR count). The van der Waals surface area contributed by atoms with E-state index in [-0.39, 0.29) is 12.0 Å². The van der Waals surface area contributed by atoms with Crippen molar-refractivity contribution in [1.29, 1.82) is 0 Å². The molecule has 0 spiro atoms. The fourth-order valence-corrected chi connectivity index (χ4v) is 3.46. The van der Waals surface area contributed by atoms with Gasteiger partial charge in [0.1, 0.15) is 5.82 Å². The lowest BCUT2D eigenvalue weighted by atomic mass is 9.74. The van der Waals surface area contributed by atoms with E-state index in [2.05, 4.69) is 34.1 Å². The Labute approximate surface area is 131 Å². The van der Waals surface area contributed by atoms with Gasteiger partial charge in [-0.25, -0.2) is 4.98 Å². The minimum absolute atomic E-state index is 0.155. The van der Waals surface area contributed by atoms with E-state index in [0.717, 1.165) is 32.5 Å². The molecule has 0 radical (unpaired) electrons. The lowest BCUT2D eigenvalue weighted by Crippen LogP contribution is -2.48. The SMILES string of the molecule is Nc1cc(CN2CCCC(CO)(c3ccccc3)C2)ccn1. The molecule has 22 heavy (non-hydrogen) atoms. The smallest absolute Gasteiger partial charge is 0.123 e. The minimum atomic E-state index is -0.155. The van der Waals surface area contributed by atoms with Gasteiger partial charge in [-0.05, 0) is 42.6 Å². The van der Waals surface area contributed by atoms with Crippen molar-refractivity contribution in [3.63, 3.8) is 0 Å². The first-order valence-corrected chi connectivity index (χ1v) is 7.81. The second-order valence-electron chi connectivity index (χ2n) is 6.21. The number of aliphatic hydroxyl groups excluding tert-OH is 1. The zero-order valence-corrected chi connectivity index (χ0v) is 12.8. The Morgan fingerprint density at radius 1 is 1.23 bits per heavy atom. The van der Waals surface area contributed by atoms with Gasteiger partial charge in [-0.2, -0.15) is 0 Å². The number of benzene rings is 1. The van der Waals surface area contributed by atoms with E-state index >= 15 is 0 Å². The topological polar surface area (TPSA) is 62.4 Å². The molecule has 2 aromatic rings. The third-order valence-electron chi connectivity index (χ3n) is 4.60. The number of pyridine rings is 1. The van der Waals surface area contributed by atoms with Gasteiger partial charge in [0, 0.05) is 24.7 Å². The molecule has 116 valence electrons. The summed E-state index contributed by atoms with van der Waals surface area (Å²) in [4.78, 5) is 6.45. The summed E-state index contributed by atoms with van der Waals surface area (Å²) in [6.07, 6.45) is 3.88. The first kappa shape index (κ1) is 15.0. The van der Waals surface area contributed by atoms with Crippen LogP contribution in [-0.4, -0.2) is 34.7 Å². The summed E-state index contributed by atoms with van der Waals surface area (Å²) in [7, 11) is 0. The van der Waals surface area contributed by atoms with Gasteiger partial charge >= 0.3 is 0 Å². The summed E-state index contributed by atoms with van der Waals surface area (Å²) in [6.45, 7) is 2.96. The number of piperidine rings is 1. The molecule has 0 amide bonds. The zero-order valence-electron chi connectivity index (χ0n) is 12.8. The normalized spacial score (nSPS) is 22.6. The Morgan fingerprint density at radius 3 is 2.77 bits per heavy atom. The van der Waals surface area contributed by atoms with Crippen LogP contribution in [0.25, 0.3) is 0 Å². The molecule has 1 saturated heterocycles. The quantitative estimate of drug-likeness (QED) is 0.908. The summed E-state index contributed by atoms with van der Waals surface area (Å²) >= 11 is 0. The Kier molecular flexibility index (Phi) is 4.41. The number of aliphatic hydroxyl groups is 1.